The van der Waals surface area contributed by atoms with E-state index in [-0.39, 0.29) is 12.6 Å². The third kappa shape index (κ3) is 22.8. The molecular weight excluding hydrogens is 160 g/mol. The van der Waals surface area contributed by atoms with Crippen LogP contribution in [0.3, 0.4) is 0 Å². The van der Waals surface area contributed by atoms with E-state index in [1.54, 1.807) is 7.11 Å². The second-order valence-corrected chi connectivity index (χ2v) is 2.06. The van der Waals surface area contributed by atoms with Crippen LogP contribution in [0.25, 0.3) is 0 Å². The highest BCUT2D eigenvalue weighted by Crippen LogP contribution is 1.78. The van der Waals surface area contributed by atoms with Crippen LogP contribution in [0.15, 0.2) is 0 Å². The van der Waals surface area contributed by atoms with Crippen molar-refractivity contribution in [1.29, 1.82) is 0 Å². The van der Waals surface area contributed by atoms with Crippen LogP contribution < -0.4 is 0 Å². The molecule has 0 aliphatic rings. The Kier molecular flexibility index (Phi) is 15.1. The number of aliphatic hydroxyl groups excluding tert-OH is 1. The Balaban J connectivity index is 0. The number of rotatable bonds is 4. The van der Waals surface area contributed by atoms with Gasteiger partial charge in [-0.1, -0.05) is 6.92 Å². The van der Waals surface area contributed by atoms with Crippen LogP contribution in [-0.2, 0) is 14.3 Å². The minimum Gasteiger partial charge on any atom is -0.466 e. The molecule has 0 saturated heterocycles. The van der Waals surface area contributed by atoms with E-state index in [1.807, 2.05) is 6.92 Å². The molecule has 4 heteroatoms. The maximum Gasteiger partial charge on any atom is 0.302 e. The Labute approximate surface area is 73.5 Å². The summed E-state index contributed by atoms with van der Waals surface area (Å²) >= 11 is 0. The SMILES string of the molecule is CCCOC(C)=O.COCCO. The molecule has 0 rings (SSSR count). The fraction of sp³-hybridized carbons (Fsp3) is 0.875. The van der Waals surface area contributed by atoms with Crippen molar-refractivity contribution in [2.45, 2.75) is 20.3 Å². The van der Waals surface area contributed by atoms with Gasteiger partial charge in [0.1, 0.15) is 0 Å². The second kappa shape index (κ2) is 13.0. The predicted octanol–water partition coefficient (Wildman–Crippen LogP) is 0.585. The number of esters is 1. The van der Waals surface area contributed by atoms with Gasteiger partial charge in [0.15, 0.2) is 0 Å². The summed E-state index contributed by atoms with van der Waals surface area (Å²) in [7, 11) is 1.55. The van der Waals surface area contributed by atoms with E-state index >= 15 is 0 Å². The maximum absolute atomic E-state index is 9.98. The summed E-state index contributed by atoms with van der Waals surface area (Å²) in [5.74, 6) is -0.193. The fourth-order valence-electron chi connectivity index (χ4n) is 0.337. The van der Waals surface area contributed by atoms with E-state index in [0.29, 0.717) is 13.2 Å². The number of carbonyl (C=O) groups is 1. The number of aliphatic hydroxyl groups is 1. The Hall–Kier alpha value is -0.610. The van der Waals surface area contributed by atoms with Crippen molar-refractivity contribution in [2.24, 2.45) is 0 Å². The lowest BCUT2D eigenvalue weighted by Gasteiger charge is -1.93. The Bertz CT molecular complexity index is 91.1. The molecule has 0 aliphatic carbocycles. The van der Waals surface area contributed by atoms with E-state index in [4.69, 9.17) is 5.11 Å². The molecule has 4 nitrogen and oxygen atoms in total. The molecule has 0 aromatic rings. The number of methoxy groups -OCH3 is 1. The summed E-state index contributed by atoms with van der Waals surface area (Å²) in [4.78, 5) is 9.98. The first-order valence-electron chi connectivity index (χ1n) is 3.92. The molecule has 0 aliphatic heterocycles. The highest BCUT2D eigenvalue weighted by atomic mass is 16.5. The van der Waals surface area contributed by atoms with Crippen molar-refractivity contribution < 1.29 is 19.4 Å². The van der Waals surface area contributed by atoms with Gasteiger partial charge in [0.05, 0.1) is 19.8 Å². The lowest BCUT2D eigenvalue weighted by atomic mass is 10.5. The van der Waals surface area contributed by atoms with Crippen molar-refractivity contribution in [2.75, 3.05) is 26.9 Å². The standard InChI is InChI=1S/C5H10O2.C3H8O2/c1-3-4-7-5(2)6;1-5-3-2-4/h3-4H2,1-2H3;4H,2-3H2,1H3. The molecule has 0 spiro atoms. The van der Waals surface area contributed by atoms with E-state index in [1.165, 1.54) is 6.92 Å². The molecule has 1 N–H and O–H groups in total. The van der Waals surface area contributed by atoms with Crippen LogP contribution in [0.4, 0.5) is 0 Å². The molecule has 0 fully saturated rings. The van der Waals surface area contributed by atoms with Crippen LogP contribution in [0.1, 0.15) is 20.3 Å². The van der Waals surface area contributed by atoms with Gasteiger partial charge in [-0.25, -0.2) is 0 Å². The monoisotopic (exact) mass is 178 g/mol. The van der Waals surface area contributed by atoms with Crippen molar-refractivity contribution in [3.63, 3.8) is 0 Å². The lowest BCUT2D eigenvalue weighted by Crippen LogP contribution is -1.98. The highest BCUT2D eigenvalue weighted by Gasteiger charge is 1.85. The summed E-state index contributed by atoms with van der Waals surface area (Å²) in [6, 6.07) is 0. The summed E-state index contributed by atoms with van der Waals surface area (Å²) in [5, 5.41) is 7.94. The number of carbonyl (C=O) groups excluding carboxylic acids is 1. The molecule has 0 amide bonds. The molecule has 0 unspecified atom stereocenters. The van der Waals surface area contributed by atoms with E-state index in [0.717, 1.165) is 6.42 Å². The molecule has 0 aromatic heterocycles. The van der Waals surface area contributed by atoms with E-state index < -0.39 is 0 Å². The zero-order valence-corrected chi connectivity index (χ0v) is 8.00. The van der Waals surface area contributed by atoms with Crippen LogP contribution in [-0.4, -0.2) is 38.0 Å². The molecule has 0 heterocycles. The van der Waals surface area contributed by atoms with Gasteiger partial charge >= 0.3 is 5.97 Å². The average Bonchev–Trinajstić information content (AvgIpc) is 2.03. The Morgan fingerprint density at radius 1 is 1.42 bits per heavy atom. The first-order chi connectivity index (χ1) is 5.68. The van der Waals surface area contributed by atoms with Crippen LogP contribution in [0.2, 0.25) is 0 Å². The second-order valence-electron chi connectivity index (χ2n) is 2.06. The van der Waals surface area contributed by atoms with Gasteiger partial charge in [-0.3, -0.25) is 4.79 Å². The summed E-state index contributed by atoms with van der Waals surface area (Å²) in [6.07, 6.45) is 0.902. The maximum atomic E-state index is 9.98. The summed E-state index contributed by atoms with van der Waals surface area (Å²) in [5.41, 5.74) is 0. The quantitative estimate of drug-likeness (QED) is 0.640. The zero-order valence-electron chi connectivity index (χ0n) is 8.00. The van der Waals surface area contributed by atoms with Crippen molar-refractivity contribution in [3.8, 4) is 0 Å². The van der Waals surface area contributed by atoms with Gasteiger partial charge in [-0.05, 0) is 6.42 Å². The third-order valence-electron chi connectivity index (χ3n) is 0.805. The number of hydrogen-bond acceptors (Lipinski definition) is 4. The highest BCUT2D eigenvalue weighted by molar-refractivity contribution is 5.65. The zero-order chi connectivity index (χ0) is 9.82. The molecule has 0 bridgehead atoms. The largest absolute Gasteiger partial charge is 0.466 e. The molecule has 0 aromatic carbocycles. The topological polar surface area (TPSA) is 55.8 Å². The summed E-state index contributed by atoms with van der Waals surface area (Å²) in [6.45, 7) is 4.49. The van der Waals surface area contributed by atoms with Crippen molar-refractivity contribution in [3.05, 3.63) is 0 Å². The fourth-order valence-corrected chi connectivity index (χ4v) is 0.337. The third-order valence-corrected chi connectivity index (χ3v) is 0.805. The molecular formula is C8H18O4. The van der Waals surface area contributed by atoms with Crippen molar-refractivity contribution >= 4 is 5.97 Å². The van der Waals surface area contributed by atoms with E-state index in [2.05, 4.69) is 9.47 Å². The molecule has 12 heavy (non-hydrogen) atoms. The molecule has 74 valence electrons. The number of ether oxygens (including phenoxy) is 2. The normalized spacial score (nSPS) is 8.33. The number of hydrogen-bond donors (Lipinski definition) is 1. The van der Waals surface area contributed by atoms with Crippen LogP contribution in [0.5, 0.6) is 0 Å². The van der Waals surface area contributed by atoms with Crippen molar-refractivity contribution in [1.82, 2.24) is 0 Å². The molecule has 0 radical (unpaired) electrons. The Morgan fingerprint density at radius 3 is 2.08 bits per heavy atom. The van der Waals surface area contributed by atoms with Gasteiger partial charge in [-0.2, -0.15) is 0 Å². The lowest BCUT2D eigenvalue weighted by molar-refractivity contribution is -0.140. The van der Waals surface area contributed by atoms with Gasteiger partial charge in [0, 0.05) is 14.0 Å². The minimum atomic E-state index is -0.193. The average molecular weight is 178 g/mol. The predicted molar refractivity (Wildman–Crippen MR) is 45.9 cm³/mol. The van der Waals surface area contributed by atoms with Gasteiger partial charge in [0.25, 0.3) is 0 Å². The molecule has 0 saturated carbocycles. The minimum absolute atomic E-state index is 0.122. The van der Waals surface area contributed by atoms with Gasteiger partial charge in [0.2, 0.25) is 0 Å². The van der Waals surface area contributed by atoms with Gasteiger partial charge in [-0.15, -0.1) is 0 Å². The van der Waals surface area contributed by atoms with Crippen LogP contribution >= 0.6 is 0 Å². The molecule has 0 atom stereocenters. The first-order valence-corrected chi connectivity index (χ1v) is 3.92. The Morgan fingerprint density at radius 2 is 2.00 bits per heavy atom. The smallest absolute Gasteiger partial charge is 0.302 e. The van der Waals surface area contributed by atoms with Gasteiger partial charge < -0.3 is 14.6 Å². The van der Waals surface area contributed by atoms with E-state index in [9.17, 15) is 4.79 Å². The first kappa shape index (κ1) is 13.9. The summed E-state index contributed by atoms with van der Waals surface area (Å²) < 4.78 is 8.99. The van der Waals surface area contributed by atoms with Crippen LogP contribution in [0, 0.1) is 0 Å².